The van der Waals surface area contributed by atoms with Crippen LogP contribution in [0.5, 0.6) is 0 Å². The van der Waals surface area contributed by atoms with Crippen LogP contribution in [0.2, 0.25) is 5.15 Å². The summed E-state index contributed by atoms with van der Waals surface area (Å²) in [6, 6.07) is 0.515. The number of aliphatic hydroxyl groups is 1. The van der Waals surface area contributed by atoms with Crippen LogP contribution in [0.25, 0.3) is 0 Å². The zero-order chi connectivity index (χ0) is 14.1. The molecule has 1 aliphatic carbocycles. The molecule has 0 aromatic carbocycles. The van der Waals surface area contributed by atoms with E-state index < -0.39 is 0 Å². The predicted molar refractivity (Wildman–Crippen MR) is 79.6 cm³/mol. The molecule has 1 N–H and O–H groups in total. The molecule has 0 amide bonds. The normalized spacial score (nSPS) is 31.9. The first kappa shape index (κ1) is 14.4. The van der Waals surface area contributed by atoms with Crippen molar-refractivity contribution in [1.29, 1.82) is 0 Å². The first-order valence-corrected chi connectivity index (χ1v) is 8.13. The molecule has 1 saturated carbocycles. The molecule has 1 aliphatic heterocycles. The molecule has 0 radical (unpaired) electrons. The Balaban J connectivity index is 1.70. The van der Waals surface area contributed by atoms with Gasteiger partial charge in [0.05, 0.1) is 18.8 Å². The third-order valence-electron chi connectivity index (χ3n) is 5.06. The van der Waals surface area contributed by atoms with E-state index in [0.29, 0.717) is 17.1 Å². The number of hydrogen-bond donors (Lipinski definition) is 1. The highest BCUT2D eigenvalue weighted by Crippen LogP contribution is 2.35. The van der Waals surface area contributed by atoms with E-state index in [1.807, 2.05) is 11.6 Å². The van der Waals surface area contributed by atoms with Crippen molar-refractivity contribution in [3.05, 3.63) is 17.2 Å². The third kappa shape index (κ3) is 2.74. The van der Waals surface area contributed by atoms with Crippen molar-refractivity contribution >= 4 is 11.6 Å². The first-order valence-electron chi connectivity index (χ1n) is 7.75. The lowest BCUT2D eigenvalue weighted by molar-refractivity contribution is 0.0194. The van der Waals surface area contributed by atoms with Crippen LogP contribution in [0.1, 0.15) is 44.3 Å². The predicted octanol–water partition coefficient (Wildman–Crippen LogP) is 2.59. The quantitative estimate of drug-likeness (QED) is 0.932. The van der Waals surface area contributed by atoms with E-state index in [4.69, 9.17) is 11.6 Å². The van der Waals surface area contributed by atoms with Gasteiger partial charge in [-0.1, -0.05) is 24.4 Å². The van der Waals surface area contributed by atoms with Crippen LogP contribution in [0.3, 0.4) is 0 Å². The van der Waals surface area contributed by atoms with Crippen LogP contribution in [-0.4, -0.2) is 38.2 Å². The molecular formula is C15H24ClN3O. The highest BCUT2D eigenvalue weighted by atomic mass is 35.5. The molecule has 3 unspecified atom stereocenters. The second-order valence-corrected chi connectivity index (χ2v) is 6.64. The van der Waals surface area contributed by atoms with Crippen LogP contribution in [-0.2, 0) is 13.6 Å². The number of likely N-dealkylation sites (tertiary alicyclic amines) is 1. The summed E-state index contributed by atoms with van der Waals surface area (Å²) in [5.41, 5.74) is 0. The van der Waals surface area contributed by atoms with Gasteiger partial charge in [-0.05, 0) is 32.2 Å². The van der Waals surface area contributed by atoms with Crippen molar-refractivity contribution in [1.82, 2.24) is 14.5 Å². The molecule has 2 aliphatic rings. The molecule has 3 rings (SSSR count). The molecule has 1 aromatic heterocycles. The lowest BCUT2D eigenvalue weighted by Gasteiger charge is -2.37. The number of rotatable bonds is 3. The summed E-state index contributed by atoms with van der Waals surface area (Å²) in [5.74, 6) is 1.47. The SMILES string of the molecule is Cn1c(Cl)cnc1CN1CCCC1C1CCCCC1O. The van der Waals surface area contributed by atoms with Crippen molar-refractivity contribution in [2.24, 2.45) is 13.0 Å². The lowest BCUT2D eigenvalue weighted by atomic mass is 9.80. The van der Waals surface area contributed by atoms with Gasteiger partial charge >= 0.3 is 0 Å². The molecule has 5 heteroatoms. The fourth-order valence-electron chi connectivity index (χ4n) is 3.87. The topological polar surface area (TPSA) is 41.3 Å². The molecule has 0 bridgehead atoms. The Morgan fingerprint density at radius 1 is 1.30 bits per heavy atom. The van der Waals surface area contributed by atoms with E-state index in [-0.39, 0.29) is 6.10 Å². The third-order valence-corrected chi connectivity index (χ3v) is 5.41. The molecule has 0 spiro atoms. The number of aromatic nitrogens is 2. The molecule has 2 fully saturated rings. The van der Waals surface area contributed by atoms with Crippen molar-refractivity contribution in [2.75, 3.05) is 6.54 Å². The number of hydrogen-bond acceptors (Lipinski definition) is 3. The van der Waals surface area contributed by atoms with Crippen LogP contribution in [0.15, 0.2) is 6.20 Å². The van der Waals surface area contributed by atoms with E-state index in [2.05, 4.69) is 9.88 Å². The zero-order valence-corrected chi connectivity index (χ0v) is 12.9. The average molecular weight is 298 g/mol. The van der Waals surface area contributed by atoms with Gasteiger partial charge in [-0.15, -0.1) is 0 Å². The van der Waals surface area contributed by atoms with Gasteiger partial charge in [0.2, 0.25) is 0 Å². The Morgan fingerprint density at radius 3 is 2.80 bits per heavy atom. The van der Waals surface area contributed by atoms with E-state index in [1.165, 1.54) is 32.1 Å². The Labute approximate surface area is 125 Å². The number of halogens is 1. The molecule has 4 nitrogen and oxygen atoms in total. The van der Waals surface area contributed by atoms with Crippen molar-refractivity contribution < 1.29 is 5.11 Å². The summed E-state index contributed by atoms with van der Waals surface area (Å²) in [6.45, 7) is 1.95. The highest BCUT2D eigenvalue weighted by Gasteiger charge is 2.37. The van der Waals surface area contributed by atoms with Crippen molar-refractivity contribution in [3.63, 3.8) is 0 Å². The molecule has 3 atom stereocenters. The second-order valence-electron chi connectivity index (χ2n) is 6.25. The summed E-state index contributed by atoms with van der Waals surface area (Å²) in [4.78, 5) is 6.90. The van der Waals surface area contributed by atoms with Gasteiger partial charge in [-0.25, -0.2) is 4.98 Å². The molecule has 20 heavy (non-hydrogen) atoms. The minimum absolute atomic E-state index is 0.112. The van der Waals surface area contributed by atoms with Crippen LogP contribution in [0, 0.1) is 5.92 Å². The summed E-state index contributed by atoms with van der Waals surface area (Å²) in [5, 5.41) is 11.0. The fraction of sp³-hybridized carbons (Fsp3) is 0.800. The van der Waals surface area contributed by atoms with Gasteiger partial charge in [0, 0.05) is 19.0 Å². The van der Waals surface area contributed by atoms with E-state index in [1.54, 1.807) is 6.20 Å². The molecular weight excluding hydrogens is 274 g/mol. The van der Waals surface area contributed by atoms with Gasteiger partial charge in [0.15, 0.2) is 0 Å². The van der Waals surface area contributed by atoms with E-state index in [9.17, 15) is 5.11 Å². The Kier molecular flexibility index (Phi) is 4.34. The smallest absolute Gasteiger partial charge is 0.128 e. The monoisotopic (exact) mass is 297 g/mol. The number of aliphatic hydroxyl groups excluding tert-OH is 1. The first-order chi connectivity index (χ1) is 9.66. The number of imidazole rings is 1. The maximum Gasteiger partial charge on any atom is 0.128 e. The largest absolute Gasteiger partial charge is 0.393 e. The zero-order valence-electron chi connectivity index (χ0n) is 12.1. The summed E-state index contributed by atoms with van der Waals surface area (Å²) >= 11 is 6.07. The summed E-state index contributed by atoms with van der Waals surface area (Å²) in [7, 11) is 1.96. The minimum Gasteiger partial charge on any atom is -0.393 e. The Morgan fingerprint density at radius 2 is 2.10 bits per heavy atom. The fourth-order valence-corrected chi connectivity index (χ4v) is 4.02. The van der Waals surface area contributed by atoms with Gasteiger partial charge in [-0.3, -0.25) is 4.90 Å². The summed E-state index contributed by atoms with van der Waals surface area (Å²) in [6.07, 6.45) is 8.63. The Hall–Kier alpha value is -0.580. The minimum atomic E-state index is -0.112. The summed E-state index contributed by atoms with van der Waals surface area (Å²) < 4.78 is 1.95. The average Bonchev–Trinajstić information content (AvgIpc) is 3.02. The second kappa shape index (κ2) is 6.04. The van der Waals surface area contributed by atoms with Crippen LogP contribution in [0.4, 0.5) is 0 Å². The number of nitrogens with zero attached hydrogens (tertiary/aromatic N) is 3. The van der Waals surface area contributed by atoms with Gasteiger partial charge in [0.25, 0.3) is 0 Å². The molecule has 1 aromatic rings. The van der Waals surface area contributed by atoms with E-state index in [0.717, 1.165) is 25.3 Å². The van der Waals surface area contributed by atoms with Gasteiger partial charge < -0.3 is 9.67 Å². The van der Waals surface area contributed by atoms with Crippen molar-refractivity contribution in [2.45, 2.75) is 57.2 Å². The molecule has 1 saturated heterocycles. The van der Waals surface area contributed by atoms with E-state index >= 15 is 0 Å². The Bertz CT molecular complexity index is 462. The van der Waals surface area contributed by atoms with Crippen molar-refractivity contribution in [3.8, 4) is 0 Å². The molecule has 112 valence electrons. The maximum atomic E-state index is 10.3. The lowest BCUT2D eigenvalue weighted by Crippen LogP contribution is -2.42. The van der Waals surface area contributed by atoms with Crippen LogP contribution < -0.4 is 0 Å². The van der Waals surface area contributed by atoms with Gasteiger partial charge in [0.1, 0.15) is 11.0 Å². The molecule has 2 heterocycles. The maximum absolute atomic E-state index is 10.3. The standard InChI is InChI=1S/C15H24ClN3O/c1-18-14(16)9-17-15(18)10-19-8-4-6-12(19)11-5-2-3-7-13(11)20/h9,11-13,20H,2-8,10H2,1H3. The van der Waals surface area contributed by atoms with Gasteiger partial charge in [-0.2, -0.15) is 0 Å². The highest BCUT2D eigenvalue weighted by molar-refractivity contribution is 6.29. The van der Waals surface area contributed by atoms with Crippen LogP contribution >= 0.6 is 11.6 Å².